The fraction of sp³-hybridized carbons (Fsp3) is 0.107. The Bertz CT molecular complexity index is 1240. The van der Waals surface area contributed by atoms with Crippen molar-refractivity contribution in [3.05, 3.63) is 125 Å². The normalized spacial score (nSPS) is 10.6. The van der Waals surface area contributed by atoms with Gasteiger partial charge >= 0.3 is 0 Å². The van der Waals surface area contributed by atoms with Gasteiger partial charge in [0.1, 0.15) is 5.82 Å². The number of halogens is 1. The second-order valence-corrected chi connectivity index (χ2v) is 8.69. The summed E-state index contributed by atoms with van der Waals surface area (Å²) in [6.45, 7) is 0.481. The van der Waals surface area contributed by atoms with Gasteiger partial charge in [-0.1, -0.05) is 78.5 Å². The van der Waals surface area contributed by atoms with Crippen molar-refractivity contribution in [2.24, 2.45) is 0 Å². The number of rotatable bonds is 8. The number of nitrogens with one attached hydrogen (secondary N) is 2. The van der Waals surface area contributed by atoms with E-state index < -0.39 is 0 Å². The summed E-state index contributed by atoms with van der Waals surface area (Å²) >= 11 is 1.60. The lowest BCUT2D eigenvalue weighted by atomic mass is 10.0. The molecule has 0 unspecified atom stereocenters. The van der Waals surface area contributed by atoms with Gasteiger partial charge in [0, 0.05) is 41.1 Å². The van der Waals surface area contributed by atoms with E-state index in [2.05, 4.69) is 10.6 Å². The minimum Gasteiger partial charge on any atom is -0.387 e. The lowest BCUT2D eigenvalue weighted by Gasteiger charge is -2.14. The molecule has 2 N–H and O–H groups in total. The molecule has 0 bridgehead atoms. The van der Waals surface area contributed by atoms with Crippen molar-refractivity contribution >= 4 is 23.4 Å². The number of benzene rings is 4. The molecule has 0 spiro atoms. The molecule has 5 heteroatoms. The van der Waals surface area contributed by atoms with Gasteiger partial charge in [0.2, 0.25) is 0 Å². The van der Waals surface area contributed by atoms with E-state index in [1.807, 2.05) is 92.0 Å². The third kappa shape index (κ3) is 5.82. The fourth-order valence-electron chi connectivity index (χ4n) is 3.55. The molecule has 33 heavy (non-hydrogen) atoms. The van der Waals surface area contributed by atoms with Crippen molar-refractivity contribution in [2.45, 2.75) is 22.8 Å². The Morgan fingerprint density at radius 2 is 1.52 bits per heavy atom. The summed E-state index contributed by atoms with van der Waals surface area (Å²) in [4.78, 5) is 14.7. The molecule has 0 saturated heterocycles. The predicted octanol–water partition coefficient (Wildman–Crippen LogP) is 6.54. The van der Waals surface area contributed by atoms with Crippen LogP contribution in [0.15, 0.2) is 107 Å². The van der Waals surface area contributed by atoms with E-state index in [0.717, 1.165) is 26.6 Å². The maximum absolute atomic E-state index is 14.2. The summed E-state index contributed by atoms with van der Waals surface area (Å²) in [6, 6.07) is 30.4. The molecule has 0 heterocycles. The summed E-state index contributed by atoms with van der Waals surface area (Å²) in [5, 5.41) is 6.17. The average molecular weight is 457 g/mol. The topological polar surface area (TPSA) is 41.1 Å². The monoisotopic (exact) mass is 456 g/mol. The molecule has 4 rings (SSSR count). The molecule has 4 aromatic rings. The Morgan fingerprint density at radius 1 is 0.818 bits per heavy atom. The maximum Gasteiger partial charge on any atom is 0.251 e. The van der Waals surface area contributed by atoms with Crippen LogP contribution in [0.2, 0.25) is 0 Å². The Morgan fingerprint density at radius 3 is 2.27 bits per heavy atom. The lowest BCUT2D eigenvalue weighted by Crippen LogP contribution is -2.22. The van der Waals surface area contributed by atoms with Crippen molar-refractivity contribution < 1.29 is 9.18 Å². The Balaban J connectivity index is 1.51. The van der Waals surface area contributed by atoms with Crippen molar-refractivity contribution in [2.75, 3.05) is 12.4 Å². The highest BCUT2D eigenvalue weighted by atomic mass is 32.2. The van der Waals surface area contributed by atoms with Gasteiger partial charge in [-0.3, -0.25) is 4.79 Å². The molecule has 1 amide bonds. The quantitative estimate of drug-likeness (QED) is 0.316. The van der Waals surface area contributed by atoms with Gasteiger partial charge in [-0.15, -0.1) is 0 Å². The van der Waals surface area contributed by atoms with E-state index in [1.54, 1.807) is 17.8 Å². The Hall–Kier alpha value is -3.57. The number of carbonyl (C=O) groups excluding carboxylic acids is 1. The van der Waals surface area contributed by atoms with Crippen molar-refractivity contribution in [1.29, 1.82) is 0 Å². The number of amides is 1. The van der Waals surface area contributed by atoms with Gasteiger partial charge in [0.25, 0.3) is 5.91 Å². The second-order valence-electron chi connectivity index (χ2n) is 7.61. The van der Waals surface area contributed by atoms with Gasteiger partial charge in [-0.25, -0.2) is 4.39 Å². The molecule has 0 aliphatic rings. The zero-order valence-corrected chi connectivity index (χ0v) is 19.2. The minimum absolute atomic E-state index is 0.119. The number of hydrogen-bond acceptors (Lipinski definition) is 3. The summed E-state index contributed by atoms with van der Waals surface area (Å²) in [6.07, 6.45) is 0.519. The Labute approximate surface area is 198 Å². The van der Waals surface area contributed by atoms with Crippen LogP contribution in [0.4, 0.5) is 10.1 Å². The van der Waals surface area contributed by atoms with Crippen molar-refractivity contribution in [1.82, 2.24) is 5.32 Å². The molecule has 4 aromatic carbocycles. The molecule has 0 aliphatic heterocycles. The van der Waals surface area contributed by atoms with Crippen molar-refractivity contribution in [3.63, 3.8) is 0 Å². The predicted molar refractivity (Wildman–Crippen MR) is 133 cm³/mol. The highest BCUT2D eigenvalue weighted by Gasteiger charge is 2.13. The largest absolute Gasteiger partial charge is 0.387 e. The number of carbonyl (C=O) groups is 1. The standard InChI is InChI=1S/C28H25FN2OS/c1-30-25-18-23(28(32)31-19-20-9-3-2-4-10-20)15-16-27(25)33-26-14-8-6-12-22(26)17-21-11-5-7-13-24(21)29/h2-16,18,30H,17,19H2,1H3,(H,31,32). The van der Waals surface area contributed by atoms with E-state index in [1.165, 1.54) is 6.07 Å². The average Bonchev–Trinajstić information content (AvgIpc) is 2.86. The maximum atomic E-state index is 14.2. The van der Waals surface area contributed by atoms with Crippen LogP contribution < -0.4 is 10.6 Å². The van der Waals surface area contributed by atoms with Crippen LogP contribution in [0.1, 0.15) is 27.0 Å². The molecule has 0 aromatic heterocycles. The van der Waals surface area contributed by atoms with E-state index >= 15 is 0 Å². The zero-order valence-electron chi connectivity index (χ0n) is 18.3. The minimum atomic E-state index is -0.195. The summed E-state index contributed by atoms with van der Waals surface area (Å²) < 4.78 is 14.2. The number of hydrogen-bond donors (Lipinski definition) is 2. The van der Waals surface area contributed by atoms with Gasteiger partial charge < -0.3 is 10.6 Å². The van der Waals surface area contributed by atoms with Gasteiger partial charge in [0.05, 0.1) is 0 Å². The smallest absolute Gasteiger partial charge is 0.251 e. The third-order valence-electron chi connectivity index (χ3n) is 5.34. The van der Waals surface area contributed by atoms with Crippen LogP contribution in [0, 0.1) is 5.82 Å². The fourth-order valence-corrected chi connectivity index (χ4v) is 4.61. The first-order chi connectivity index (χ1) is 16.1. The van der Waals surface area contributed by atoms with Gasteiger partial charge in [-0.05, 0) is 47.0 Å². The zero-order chi connectivity index (χ0) is 23.0. The summed E-state index contributed by atoms with van der Waals surface area (Å²) in [5.41, 5.74) is 4.25. The van der Waals surface area contributed by atoms with Crippen LogP contribution >= 0.6 is 11.8 Å². The molecule has 166 valence electrons. The first kappa shape index (κ1) is 22.6. The summed E-state index contributed by atoms with van der Waals surface area (Å²) in [7, 11) is 1.84. The lowest BCUT2D eigenvalue weighted by molar-refractivity contribution is 0.0951. The molecule has 0 fully saturated rings. The van der Waals surface area contributed by atoms with E-state index in [9.17, 15) is 9.18 Å². The molecule has 0 radical (unpaired) electrons. The van der Waals surface area contributed by atoms with Crippen LogP contribution in [0.5, 0.6) is 0 Å². The highest BCUT2D eigenvalue weighted by molar-refractivity contribution is 7.99. The van der Waals surface area contributed by atoms with Crippen LogP contribution in [-0.4, -0.2) is 13.0 Å². The molecular weight excluding hydrogens is 431 g/mol. The van der Waals surface area contributed by atoms with E-state index in [0.29, 0.717) is 24.1 Å². The Kier molecular flexibility index (Phi) is 7.43. The number of anilines is 1. The second kappa shape index (κ2) is 10.8. The van der Waals surface area contributed by atoms with Gasteiger partial charge in [0.15, 0.2) is 0 Å². The van der Waals surface area contributed by atoms with E-state index in [-0.39, 0.29) is 11.7 Å². The highest BCUT2D eigenvalue weighted by Crippen LogP contribution is 2.36. The van der Waals surface area contributed by atoms with Gasteiger partial charge in [-0.2, -0.15) is 0 Å². The SMILES string of the molecule is CNc1cc(C(=O)NCc2ccccc2)ccc1Sc1ccccc1Cc1ccccc1F. The van der Waals surface area contributed by atoms with Crippen LogP contribution in [-0.2, 0) is 13.0 Å². The molecule has 0 saturated carbocycles. The van der Waals surface area contributed by atoms with E-state index in [4.69, 9.17) is 0 Å². The van der Waals surface area contributed by atoms with Crippen molar-refractivity contribution in [3.8, 4) is 0 Å². The molecule has 3 nitrogen and oxygen atoms in total. The molecular formula is C28H25FN2OS. The first-order valence-corrected chi connectivity index (χ1v) is 11.6. The first-order valence-electron chi connectivity index (χ1n) is 10.8. The third-order valence-corrected chi connectivity index (χ3v) is 6.53. The summed E-state index contributed by atoms with van der Waals surface area (Å²) in [5.74, 6) is -0.314. The molecule has 0 aliphatic carbocycles. The molecule has 0 atom stereocenters. The van der Waals surface area contributed by atoms with Crippen LogP contribution in [0.3, 0.4) is 0 Å². The van der Waals surface area contributed by atoms with Crippen LogP contribution in [0.25, 0.3) is 0 Å².